The molecule has 2 bridgehead atoms. The van der Waals surface area contributed by atoms with Crippen molar-refractivity contribution in [3.8, 4) is 11.3 Å². The lowest BCUT2D eigenvalue weighted by Gasteiger charge is -2.23. The van der Waals surface area contributed by atoms with Gasteiger partial charge in [0.2, 0.25) is 0 Å². The van der Waals surface area contributed by atoms with Gasteiger partial charge in [-0.3, -0.25) is 0 Å². The van der Waals surface area contributed by atoms with Crippen LogP contribution in [0.4, 0.5) is 22.2 Å². The van der Waals surface area contributed by atoms with Crippen LogP contribution >= 0.6 is 102 Å². The van der Waals surface area contributed by atoms with Crippen LogP contribution in [0.15, 0.2) is 116 Å². The SMILES string of the molecule is COC(=O)c1cc(C2CCCC2)c2nc(Br)sc2c1.COC(=O)c1cc(C2CCCC2)c2nc(N)sc2c1.COC(=O)c1ccc(N)c(Br)c1.COC(=O)c1ccc(N)c(C2=CCCC2)c1.COC(=O)c1ccc(N)c(C2CCCC2)c1.Clc1cccc(Cl)c1-c1noc(C2CC2)c1CO[C@@H]1C[C@@H]2C[C@H]1CN2.I. The van der Waals surface area contributed by atoms with Crippen LogP contribution in [0.1, 0.15) is 231 Å². The smallest absolute Gasteiger partial charge is 0.337 e. The predicted molar refractivity (Wildman–Crippen MR) is 446 cm³/mol. The molecule has 0 amide bonds. The summed E-state index contributed by atoms with van der Waals surface area (Å²) in [5.41, 5.74) is 38.4. The molecule has 9 aromatic rings. The van der Waals surface area contributed by atoms with Gasteiger partial charge in [0, 0.05) is 56.7 Å². The van der Waals surface area contributed by atoms with E-state index in [0.717, 1.165) is 133 Å². The highest BCUT2D eigenvalue weighted by Crippen LogP contribution is 2.48. The number of fused-ring (bicyclic) bond motifs is 4. The molecule has 6 aliphatic carbocycles. The third-order valence-corrected chi connectivity index (χ3v) is 24.4. The van der Waals surface area contributed by atoms with Crippen molar-refractivity contribution in [2.24, 2.45) is 5.92 Å². The molecule has 0 spiro atoms. The Morgan fingerprint density at radius 2 is 1.05 bits per heavy atom. The molecule has 4 heterocycles. The van der Waals surface area contributed by atoms with Gasteiger partial charge in [-0.1, -0.05) is 90.4 Å². The number of nitrogens with zero attached hydrogens (tertiary/aromatic N) is 3. The molecule has 0 unspecified atom stereocenters. The van der Waals surface area contributed by atoms with E-state index in [1.165, 1.54) is 129 Å². The van der Waals surface area contributed by atoms with E-state index in [1.807, 2.05) is 54.6 Å². The number of nitrogens with two attached hydrogens (primary N) is 4. The quantitative estimate of drug-likeness (QED) is 0.0292. The second-order valence-electron chi connectivity index (χ2n) is 27.7. The number of hydrogen-bond acceptors (Lipinski definition) is 22. The van der Waals surface area contributed by atoms with Gasteiger partial charge in [-0.25, -0.2) is 33.9 Å². The van der Waals surface area contributed by atoms with Crippen molar-refractivity contribution in [1.82, 2.24) is 20.4 Å². The van der Waals surface area contributed by atoms with Gasteiger partial charge in [-0.2, -0.15) is 0 Å². The first-order valence-electron chi connectivity index (χ1n) is 36.2. The number of benzene rings is 6. The molecule has 16 rings (SSSR count). The number of halogens is 5. The number of nitrogens with one attached hydrogen (secondary N) is 1. The summed E-state index contributed by atoms with van der Waals surface area (Å²) in [6.07, 6.45) is 25.0. The molecule has 3 aromatic heterocycles. The Morgan fingerprint density at radius 3 is 1.55 bits per heavy atom. The number of allylic oxidation sites excluding steroid dienone is 2. The number of hydrogen-bond donors (Lipinski definition) is 5. The molecular formula is C81H91Br2Cl2IN8O12S2. The minimum atomic E-state index is -0.365. The highest BCUT2D eigenvalue weighted by Gasteiger charge is 2.41. The molecule has 7 aliphatic rings. The summed E-state index contributed by atoms with van der Waals surface area (Å²) in [7, 11) is 6.95. The molecule has 6 fully saturated rings. The van der Waals surface area contributed by atoms with Crippen LogP contribution in [-0.4, -0.2) is 99.2 Å². The zero-order valence-electron chi connectivity index (χ0n) is 61.0. The standard InChI is InChI=1S/C19H20Cl2N2O2.C14H14BrNO2S.C14H16N2O2S.C13H17NO2.C13H15NO2.C8H8BrNO2.HI/c20-14-2-1-3-15(21)17(14)18-13(19(25-23-18)10-4-5-10)9-24-16-7-12-6-11(16)8-22-12;2*1-18-13(17)9-6-10(8-4-2-3-5-8)12-11(7-9)19-14(15)16-12;2*1-16-13(15)10-6-7-12(14)11(8-10)9-4-2-3-5-9;1-12-8(11)5-2-3-7(10)6(9)4-5;/h1-3,10-12,16,22H,4-9H2;6-8H,2-5H2,1H3;6-8H,2-5H2,1H3,(H2,15,16);6-9H,2-5,14H2,1H3;4,6-8H,2-3,5,14H2,1H3;2-4H,10H2,1H3;1H/t11-,12-,16+;;;;;;/m0....../s1. The van der Waals surface area contributed by atoms with Crippen molar-refractivity contribution in [3.05, 3.63) is 183 Å². The van der Waals surface area contributed by atoms with E-state index >= 15 is 0 Å². The van der Waals surface area contributed by atoms with Gasteiger partial charge in [0.05, 0.1) is 107 Å². The van der Waals surface area contributed by atoms with E-state index in [2.05, 4.69) is 63.1 Å². The van der Waals surface area contributed by atoms with E-state index in [0.29, 0.717) is 101 Å². The second kappa shape index (κ2) is 39.1. The lowest BCUT2D eigenvalue weighted by atomic mass is 9.94. The number of rotatable bonds is 14. The van der Waals surface area contributed by atoms with Crippen LogP contribution in [0.2, 0.25) is 10.0 Å². The first-order valence-corrected chi connectivity index (χ1v) is 40.2. The number of nitrogen functional groups attached to an aromatic ring is 4. The first-order chi connectivity index (χ1) is 51.7. The van der Waals surface area contributed by atoms with Crippen molar-refractivity contribution >= 4 is 180 Å². The third kappa shape index (κ3) is 20.7. The normalized spacial score (nSPS) is 17.8. The second-order valence-corrected chi connectivity index (χ2v) is 32.7. The minimum absolute atomic E-state index is 0. The van der Waals surface area contributed by atoms with Gasteiger partial charge in [-0.05, 0) is 252 Å². The minimum Gasteiger partial charge on any atom is -0.465 e. The molecule has 5 saturated carbocycles. The summed E-state index contributed by atoms with van der Waals surface area (Å²) >= 11 is 22.4. The van der Waals surface area contributed by atoms with E-state index < -0.39 is 0 Å². The van der Waals surface area contributed by atoms with Crippen LogP contribution in [-0.2, 0) is 35.0 Å². The van der Waals surface area contributed by atoms with Gasteiger partial charge < -0.3 is 61.2 Å². The lowest BCUT2D eigenvalue weighted by Crippen LogP contribution is -2.34. The van der Waals surface area contributed by atoms with Crippen molar-refractivity contribution in [2.45, 2.75) is 164 Å². The number of ether oxygens (including phenoxy) is 6. The molecule has 108 heavy (non-hydrogen) atoms. The number of aromatic nitrogens is 3. The Labute approximate surface area is 681 Å². The number of thiazole rings is 2. The molecule has 3 atom stereocenters. The van der Waals surface area contributed by atoms with Crippen LogP contribution in [0.25, 0.3) is 37.3 Å². The Kier molecular flexibility index (Phi) is 30.2. The summed E-state index contributed by atoms with van der Waals surface area (Å²) < 4.78 is 39.2. The Hall–Kier alpha value is -7.21. The average molecular weight is 1790 g/mol. The average Bonchev–Trinajstić information content (AvgIpc) is 1.63. The van der Waals surface area contributed by atoms with Crippen molar-refractivity contribution < 1.29 is 56.9 Å². The molecule has 1 saturated heterocycles. The van der Waals surface area contributed by atoms with Crippen molar-refractivity contribution in [2.75, 3.05) is 65.0 Å². The number of carbonyl (C=O) groups is 5. The molecule has 6 aromatic carbocycles. The molecular weight excluding hydrogens is 1700 g/mol. The molecule has 27 heteroatoms. The monoisotopic (exact) mass is 1790 g/mol. The summed E-state index contributed by atoms with van der Waals surface area (Å²) in [6.45, 7) is 1.58. The van der Waals surface area contributed by atoms with E-state index in [4.69, 9.17) is 74.3 Å². The number of anilines is 4. The maximum Gasteiger partial charge on any atom is 0.337 e. The number of carbonyl (C=O) groups excluding carboxylic acids is 5. The Balaban J connectivity index is 0.000000140. The lowest BCUT2D eigenvalue weighted by molar-refractivity contribution is 0.00913. The molecule has 9 N–H and O–H groups in total. The van der Waals surface area contributed by atoms with Crippen molar-refractivity contribution in [3.63, 3.8) is 0 Å². The molecule has 0 radical (unpaired) electrons. The fourth-order valence-corrected chi connectivity index (χ4v) is 18.3. The van der Waals surface area contributed by atoms with Crippen molar-refractivity contribution in [1.29, 1.82) is 0 Å². The highest BCUT2D eigenvalue weighted by molar-refractivity contribution is 14.0. The fraction of sp³-hybridized carbons (Fsp3) is 0.407. The van der Waals surface area contributed by atoms with E-state index in [1.54, 1.807) is 53.8 Å². The van der Waals surface area contributed by atoms with E-state index in [9.17, 15) is 24.0 Å². The number of piperidine rings is 1. The van der Waals surface area contributed by atoms with Crippen LogP contribution in [0.3, 0.4) is 0 Å². The largest absolute Gasteiger partial charge is 0.465 e. The predicted octanol–water partition coefficient (Wildman–Crippen LogP) is 20.4. The van der Waals surface area contributed by atoms with Gasteiger partial charge in [-0.15, -0.1) is 35.3 Å². The summed E-state index contributed by atoms with van der Waals surface area (Å²) in [5, 5.41) is 9.59. The van der Waals surface area contributed by atoms with Gasteiger partial charge >= 0.3 is 29.8 Å². The fourth-order valence-electron chi connectivity index (χ4n) is 15.1. The summed E-state index contributed by atoms with van der Waals surface area (Å²) in [4.78, 5) is 66.4. The number of methoxy groups -OCH3 is 5. The van der Waals surface area contributed by atoms with Crippen LogP contribution < -0.4 is 28.3 Å². The molecule has 574 valence electrons. The first kappa shape index (κ1) is 83.3. The summed E-state index contributed by atoms with van der Waals surface area (Å²) in [5.74, 6) is 2.03. The zero-order chi connectivity index (χ0) is 76.0. The zero-order valence-corrected chi connectivity index (χ0v) is 69.6. The highest BCUT2D eigenvalue weighted by atomic mass is 127. The van der Waals surface area contributed by atoms with Gasteiger partial charge in [0.1, 0.15) is 11.5 Å². The van der Waals surface area contributed by atoms with Gasteiger partial charge in [0.15, 0.2) is 9.05 Å². The van der Waals surface area contributed by atoms with Gasteiger partial charge in [0.25, 0.3) is 0 Å². The molecule has 1 aliphatic heterocycles. The number of esters is 5. The Morgan fingerprint density at radius 1 is 0.556 bits per heavy atom. The van der Waals surface area contributed by atoms with E-state index in [-0.39, 0.29) is 53.8 Å². The van der Waals surface area contributed by atoms with Crippen LogP contribution in [0, 0.1) is 5.92 Å². The van der Waals surface area contributed by atoms with Crippen LogP contribution in [0.5, 0.6) is 0 Å². The topological polar surface area (TPSA) is 309 Å². The maximum atomic E-state index is 11.8. The molecule has 20 nitrogen and oxygen atoms in total. The third-order valence-electron chi connectivity index (χ3n) is 20.8. The maximum absolute atomic E-state index is 11.8. The Bertz CT molecular complexity index is 4590. The summed E-state index contributed by atoms with van der Waals surface area (Å²) in [6, 6.07) is 29.3.